The van der Waals surface area contributed by atoms with E-state index in [4.69, 9.17) is 4.74 Å². The molecule has 10 heteroatoms. The van der Waals surface area contributed by atoms with Crippen molar-refractivity contribution in [2.24, 2.45) is 7.05 Å². The first-order valence-corrected chi connectivity index (χ1v) is 10.3. The summed E-state index contributed by atoms with van der Waals surface area (Å²) in [6, 6.07) is 10.8. The quantitative estimate of drug-likeness (QED) is 0.668. The average molecular weight is 431 g/mol. The third kappa shape index (κ3) is 4.64. The predicted molar refractivity (Wildman–Crippen MR) is 104 cm³/mol. The highest BCUT2D eigenvalue weighted by molar-refractivity contribution is 7.89. The molecule has 0 bridgehead atoms. The van der Waals surface area contributed by atoms with Crippen LogP contribution in [0.5, 0.6) is 11.5 Å². The van der Waals surface area contributed by atoms with E-state index in [0.29, 0.717) is 5.56 Å². The lowest BCUT2D eigenvalue weighted by molar-refractivity contribution is 0.0974. The number of benzene rings is 2. The fraction of sp³-hybridized carbons (Fsp3) is 0.100. The lowest BCUT2D eigenvalue weighted by Crippen LogP contribution is -2.31. The highest BCUT2D eigenvalue weighted by Crippen LogP contribution is 2.32. The fourth-order valence-electron chi connectivity index (χ4n) is 2.91. The van der Waals surface area contributed by atoms with Gasteiger partial charge in [-0.05, 0) is 17.7 Å². The van der Waals surface area contributed by atoms with Crippen LogP contribution < -0.4 is 9.46 Å². The molecule has 0 radical (unpaired) electrons. The van der Waals surface area contributed by atoms with E-state index in [-0.39, 0.29) is 28.3 Å². The minimum atomic E-state index is -3.81. The monoisotopic (exact) mass is 431 g/mol. The minimum absolute atomic E-state index is 0.0159. The van der Waals surface area contributed by atoms with Gasteiger partial charge < -0.3 is 9.30 Å². The zero-order chi connectivity index (χ0) is 22.1. The second-order valence-electron chi connectivity index (χ2n) is 6.42. The number of amides is 1. The van der Waals surface area contributed by atoms with Crippen LogP contribution in [0.3, 0.4) is 0 Å². The molecule has 3 aromatic rings. The molecule has 2 aromatic carbocycles. The number of aromatic nitrogens is 1. The van der Waals surface area contributed by atoms with Crippen LogP contribution in [-0.2, 0) is 17.1 Å². The molecule has 0 aliphatic carbocycles. The van der Waals surface area contributed by atoms with E-state index in [2.05, 4.69) is 0 Å². The number of hydrogen-bond acceptors (Lipinski definition) is 5. The second kappa shape index (κ2) is 7.96. The Bertz CT molecular complexity index is 1260. The van der Waals surface area contributed by atoms with Gasteiger partial charge in [-0.3, -0.25) is 4.79 Å². The molecule has 7 nitrogen and oxygen atoms in total. The predicted octanol–water partition coefficient (Wildman–Crippen LogP) is 3.32. The van der Waals surface area contributed by atoms with E-state index in [1.165, 1.54) is 29.9 Å². The van der Waals surface area contributed by atoms with Gasteiger partial charge in [-0.1, -0.05) is 12.1 Å². The minimum Gasteiger partial charge on any atom is -0.457 e. The third-order valence-electron chi connectivity index (χ3n) is 4.01. The Kier molecular flexibility index (Phi) is 5.58. The lowest BCUT2D eigenvalue weighted by atomic mass is 10.0. The van der Waals surface area contributed by atoms with Gasteiger partial charge in [0, 0.05) is 37.0 Å². The van der Waals surface area contributed by atoms with E-state index in [1.54, 1.807) is 12.1 Å². The summed E-state index contributed by atoms with van der Waals surface area (Å²) in [4.78, 5) is 12.5. The van der Waals surface area contributed by atoms with Crippen LogP contribution >= 0.6 is 0 Å². The molecular weight excluding hydrogens is 416 g/mol. The van der Waals surface area contributed by atoms with Crippen molar-refractivity contribution in [2.45, 2.75) is 0 Å². The van der Waals surface area contributed by atoms with Crippen molar-refractivity contribution in [3.63, 3.8) is 0 Å². The number of aryl methyl sites for hydroxylation is 1. The van der Waals surface area contributed by atoms with Crippen LogP contribution in [0.4, 0.5) is 8.78 Å². The molecule has 3 rings (SSSR count). The summed E-state index contributed by atoms with van der Waals surface area (Å²) in [6.07, 6.45) is 2.26. The van der Waals surface area contributed by atoms with Gasteiger partial charge in [-0.15, -0.1) is 0 Å². The summed E-state index contributed by atoms with van der Waals surface area (Å²) >= 11 is 0. The van der Waals surface area contributed by atoms with E-state index in [0.717, 1.165) is 24.5 Å². The first-order valence-electron chi connectivity index (χ1n) is 8.43. The molecule has 0 spiro atoms. The average Bonchev–Trinajstić information content (AvgIpc) is 2.96. The number of rotatable bonds is 5. The largest absolute Gasteiger partial charge is 0.457 e. The first kappa shape index (κ1) is 21.0. The van der Waals surface area contributed by atoms with Gasteiger partial charge in [0.05, 0.1) is 11.8 Å². The van der Waals surface area contributed by atoms with Gasteiger partial charge in [-0.25, -0.2) is 21.9 Å². The van der Waals surface area contributed by atoms with Crippen molar-refractivity contribution in [2.75, 3.05) is 6.26 Å². The third-order valence-corrected chi connectivity index (χ3v) is 4.57. The highest BCUT2D eigenvalue weighted by Gasteiger charge is 2.23. The smallest absolute Gasteiger partial charge is 0.282 e. The van der Waals surface area contributed by atoms with E-state index in [9.17, 15) is 27.3 Å². The Labute approximate surface area is 171 Å². The molecule has 0 aliphatic rings. The zero-order valence-corrected chi connectivity index (χ0v) is 16.6. The number of nitrogens with one attached hydrogen (secondary N) is 1. The van der Waals surface area contributed by atoms with Crippen molar-refractivity contribution in [3.05, 3.63) is 71.6 Å². The van der Waals surface area contributed by atoms with Gasteiger partial charge in [0.15, 0.2) is 0 Å². The number of halogens is 2. The van der Waals surface area contributed by atoms with Crippen LogP contribution in [0.25, 0.3) is 11.1 Å². The van der Waals surface area contributed by atoms with Crippen molar-refractivity contribution in [1.82, 2.24) is 9.29 Å². The van der Waals surface area contributed by atoms with Gasteiger partial charge >= 0.3 is 0 Å². The normalized spacial score (nSPS) is 11.0. The highest BCUT2D eigenvalue weighted by atomic mass is 32.2. The van der Waals surface area contributed by atoms with Crippen LogP contribution in [0, 0.1) is 23.0 Å². The molecule has 1 N–H and O–H groups in total. The van der Waals surface area contributed by atoms with Crippen molar-refractivity contribution in [3.8, 4) is 28.7 Å². The van der Waals surface area contributed by atoms with Gasteiger partial charge in [-0.2, -0.15) is 5.26 Å². The molecule has 1 aromatic heterocycles. The Hall–Kier alpha value is -3.71. The number of sulfonamides is 1. The first-order chi connectivity index (χ1) is 14.1. The molecule has 154 valence electrons. The maximum atomic E-state index is 13.3. The molecule has 0 saturated heterocycles. The summed E-state index contributed by atoms with van der Waals surface area (Å²) in [5.41, 5.74) is 0.836. The molecule has 30 heavy (non-hydrogen) atoms. The van der Waals surface area contributed by atoms with Crippen LogP contribution in [0.15, 0.2) is 48.7 Å². The van der Waals surface area contributed by atoms with Gasteiger partial charge in [0.2, 0.25) is 10.0 Å². The number of nitriles is 1. The van der Waals surface area contributed by atoms with Crippen molar-refractivity contribution in [1.29, 1.82) is 5.26 Å². The van der Waals surface area contributed by atoms with E-state index in [1.807, 2.05) is 10.8 Å². The molecule has 1 heterocycles. The Morgan fingerprint density at radius 2 is 1.70 bits per heavy atom. The summed E-state index contributed by atoms with van der Waals surface area (Å²) in [5.74, 6) is -2.23. The van der Waals surface area contributed by atoms with Crippen molar-refractivity contribution < 1.29 is 26.7 Å². The van der Waals surface area contributed by atoms with E-state index < -0.39 is 27.6 Å². The number of carbonyl (C=O) groups is 1. The molecule has 0 fully saturated rings. The van der Waals surface area contributed by atoms with Crippen LogP contribution in [0.1, 0.15) is 16.1 Å². The van der Waals surface area contributed by atoms with Gasteiger partial charge in [0.25, 0.3) is 5.91 Å². The van der Waals surface area contributed by atoms with E-state index >= 15 is 0 Å². The van der Waals surface area contributed by atoms with Crippen molar-refractivity contribution >= 4 is 15.9 Å². The molecule has 0 saturated carbocycles. The summed E-state index contributed by atoms with van der Waals surface area (Å²) in [6.45, 7) is 0. The maximum Gasteiger partial charge on any atom is 0.282 e. The SMILES string of the molecule is Cn1cc(C#N)c(-c2ccc(Oc3cc(F)cc(F)c3)cc2)c1C(=O)NS(C)(=O)=O. The Morgan fingerprint density at radius 1 is 1.10 bits per heavy atom. The standard InChI is InChI=1S/C20H15F2N3O4S/c1-25-11-13(10-23)18(19(25)20(26)24-30(2,27)28)12-3-5-16(6-4-12)29-17-8-14(21)7-15(22)9-17/h3-9,11H,1-2H3,(H,24,26). The number of ether oxygens (including phenoxy) is 1. The second-order valence-corrected chi connectivity index (χ2v) is 8.17. The zero-order valence-electron chi connectivity index (χ0n) is 15.8. The van der Waals surface area contributed by atoms with Crippen LogP contribution in [0.2, 0.25) is 0 Å². The summed E-state index contributed by atoms with van der Waals surface area (Å²) in [7, 11) is -2.30. The fourth-order valence-corrected chi connectivity index (χ4v) is 3.34. The topological polar surface area (TPSA) is 101 Å². The van der Waals surface area contributed by atoms with Crippen LogP contribution in [-0.4, -0.2) is 25.1 Å². The molecule has 0 unspecified atom stereocenters. The number of hydrogen-bond donors (Lipinski definition) is 1. The lowest BCUT2D eigenvalue weighted by Gasteiger charge is -2.10. The molecule has 0 aliphatic heterocycles. The summed E-state index contributed by atoms with van der Waals surface area (Å²) < 4.78 is 58.2. The Balaban J connectivity index is 1.98. The van der Waals surface area contributed by atoms with Gasteiger partial charge in [0.1, 0.15) is 34.9 Å². The molecular formula is C20H15F2N3O4S. The molecule has 0 atom stereocenters. The number of nitrogens with zero attached hydrogens (tertiary/aromatic N) is 2. The Morgan fingerprint density at radius 3 is 2.23 bits per heavy atom. The summed E-state index contributed by atoms with van der Waals surface area (Å²) in [5, 5.41) is 9.42. The molecule has 1 amide bonds. The maximum absolute atomic E-state index is 13.3. The number of carbonyl (C=O) groups excluding carboxylic acids is 1.